The summed E-state index contributed by atoms with van der Waals surface area (Å²) in [6, 6.07) is 7.42. The summed E-state index contributed by atoms with van der Waals surface area (Å²) in [6.45, 7) is 24.0. The number of unbranched alkanes of at least 4 members (excludes halogenated alkanes) is 3. The van der Waals surface area contributed by atoms with Crippen LogP contribution in [-0.2, 0) is 6.42 Å². The lowest BCUT2D eigenvalue weighted by Crippen LogP contribution is -2.28. The largest absolute Gasteiger partial charge is 0.124 e. The van der Waals surface area contributed by atoms with Crippen LogP contribution in [0.25, 0.3) is 0 Å². The van der Waals surface area contributed by atoms with Crippen LogP contribution in [0.1, 0.15) is 175 Å². The summed E-state index contributed by atoms with van der Waals surface area (Å²) in [5, 5.41) is 0. The number of aryl methyl sites for hydroxylation is 2. The summed E-state index contributed by atoms with van der Waals surface area (Å²) in [4.78, 5) is 0. The molecule has 0 heterocycles. The summed E-state index contributed by atoms with van der Waals surface area (Å²) < 4.78 is 0. The molecule has 0 N–H and O–H groups in total. The predicted octanol–water partition coefficient (Wildman–Crippen LogP) is 13.3. The Hall–Kier alpha value is -1.92. The maximum absolute atomic E-state index is 4.00. The molecule has 234 valence electrons. The van der Waals surface area contributed by atoms with Gasteiger partial charge in [0.25, 0.3) is 0 Å². The Bertz CT molecular complexity index is 872. The van der Waals surface area contributed by atoms with Crippen LogP contribution in [0.3, 0.4) is 0 Å². The minimum Gasteiger partial charge on any atom is -0.124 e. The Labute approximate surface area is 260 Å². The van der Waals surface area contributed by atoms with E-state index in [1.54, 1.807) is 16.7 Å². The number of hydrogen-bond acceptors (Lipinski definition) is 0. The Morgan fingerprint density at radius 2 is 1.61 bits per heavy atom. The molecule has 0 spiro atoms. The molecular formula is C41H70. The van der Waals surface area contributed by atoms with Gasteiger partial charge in [-0.25, -0.2) is 0 Å². The Kier molecular flexibility index (Phi) is 25.9. The van der Waals surface area contributed by atoms with E-state index in [-0.39, 0.29) is 0 Å². The van der Waals surface area contributed by atoms with Gasteiger partial charge in [-0.2, -0.15) is 0 Å². The van der Waals surface area contributed by atoms with E-state index >= 15 is 0 Å². The van der Waals surface area contributed by atoms with E-state index in [9.17, 15) is 0 Å². The first-order valence-corrected chi connectivity index (χ1v) is 17.5. The molecule has 1 saturated carbocycles. The van der Waals surface area contributed by atoms with E-state index in [1.165, 1.54) is 89.0 Å². The summed E-state index contributed by atoms with van der Waals surface area (Å²) in [7, 11) is 0. The zero-order chi connectivity index (χ0) is 31.7. The van der Waals surface area contributed by atoms with Gasteiger partial charge in [-0.05, 0) is 99.2 Å². The first kappa shape index (κ1) is 41.2. The summed E-state index contributed by atoms with van der Waals surface area (Å²) in [6.07, 6.45) is 28.7. The Balaban J connectivity index is 0. The van der Waals surface area contributed by atoms with Crippen molar-refractivity contribution in [2.24, 2.45) is 17.3 Å². The fourth-order valence-corrected chi connectivity index (χ4v) is 7.17. The van der Waals surface area contributed by atoms with Crippen molar-refractivity contribution in [1.29, 1.82) is 0 Å². The molecule has 0 saturated heterocycles. The Morgan fingerprint density at radius 1 is 0.927 bits per heavy atom. The zero-order valence-corrected chi connectivity index (χ0v) is 29.6. The third-order valence-electron chi connectivity index (χ3n) is 8.91. The fourth-order valence-electron chi connectivity index (χ4n) is 7.17. The van der Waals surface area contributed by atoms with Gasteiger partial charge in [0.15, 0.2) is 0 Å². The Morgan fingerprint density at radius 3 is 2.15 bits per heavy atom. The zero-order valence-electron chi connectivity index (χ0n) is 29.6. The molecule has 41 heavy (non-hydrogen) atoms. The van der Waals surface area contributed by atoms with Crippen LogP contribution in [0.15, 0.2) is 29.8 Å². The van der Waals surface area contributed by atoms with E-state index in [2.05, 4.69) is 97.4 Å². The van der Waals surface area contributed by atoms with Crippen LogP contribution >= 0.6 is 0 Å². The van der Waals surface area contributed by atoms with E-state index < -0.39 is 0 Å². The first-order valence-electron chi connectivity index (χ1n) is 17.5. The second kappa shape index (κ2) is 25.8. The third kappa shape index (κ3) is 13.3. The highest BCUT2D eigenvalue weighted by molar-refractivity contribution is 5.36. The highest BCUT2D eigenvalue weighted by atomic mass is 14.5. The van der Waals surface area contributed by atoms with Crippen molar-refractivity contribution in [3.05, 3.63) is 46.5 Å². The van der Waals surface area contributed by atoms with Gasteiger partial charge in [0, 0.05) is 5.92 Å². The quantitative estimate of drug-likeness (QED) is 0.113. The predicted molar refractivity (Wildman–Crippen MR) is 190 cm³/mol. The lowest BCUT2D eigenvalue weighted by Gasteiger charge is -2.37. The smallest absolute Gasteiger partial charge is 0.0305 e. The number of benzene rings is 1. The number of terminal acetylenes is 1. The summed E-state index contributed by atoms with van der Waals surface area (Å²) in [5.74, 6) is 9.03. The average molecular weight is 563 g/mol. The summed E-state index contributed by atoms with van der Waals surface area (Å²) >= 11 is 0. The first-order chi connectivity index (χ1) is 20.0. The molecule has 1 aromatic rings. The molecule has 0 aliphatic heterocycles. The van der Waals surface area contributed by atoms with Gasteiger partial charge in [0.1, 0.15) is 0 Å². The van der Waals surface area contributed by atoms with Crippen molar-refractivity contribution < 1.29 is 0 Å². The van der Waals surface area contributed by atoms with Gasteiger partial charge in [0.05, 0.1) is 0 Å². The summed E-state index contributed by atoms with van der Waals surface area (Å²) in [5.41, 5.74) is 6.70. The van der Waals surface area contributed by atoms with Crippen LogP contribution in [-0.4, -0.2) is 0 Å². The van der Waals surface area contributed by atoms with Crippen LogP contribution in [0, 0.1) is 48.9 Å². The highest BCUT2D eigenvalue weighted by Crippen LogP contribution is 2.60. The topological polar surface area (TPSA) is 0 Å². The third-order valence-corrected chi connectivity index (χ3v) is 8.91. The van der Waals surface area contributed by atoms with Crippen molar-refractivity contribution in [3.63, 3.8) is 0 Å². The fraction of sp³-hybridized carbons (Fsp3) is 0.707. The van der Waals surface area contributed by atoms with Gasteiger partial charge in [-0.15, -0.1) is 18.8 Å². The SMILES string of the molecule is C#C.CC.CC.CC#CC1C(c2ccc(C)c(CCC)c2)CC(CCC)(CCCCCC)C1CC/C(=C/CC)CC. The number of allylic oxidation sites excluding steroid dienone is 2. The van der Waals surface area contributed by atoms with Crippen molar-refractivity contribution in [2.45, 2.75) is 172 Å². The van der Waals surface area contributed by atoms with E-state index in [4.69, 9.17) is 0 Å². The maximum atomic E-state index is 4.00. The average Bonchev–Trinajstić information content (AvgIpc) is 3.30. The van der Waals surface area contributed by atoms with Gasteiger partial charge in [-0.1, -0.05) is 137 Å². The minimum atomic E-state index is 0.447. The second-order valence-corrected chi connectivity index (χ2v) is 11.4. The van der Waals surface area contributed by atoms with Crippen molar-refractivity contribution in [3.8, 4) is 24.7 Å². The molecule has 0 amide bonds. The molecule has 0 radical (unpaired) electrons. The van der Waals surface area contributed by atoms with Gasteiger partial charge < -0.3 is 0 Å². The van der Waals surface area contributed by atoms with Gasteiger partial charge in [-0.3, -0.25) is 0 Å². The number of rotatable bonds is 15. The van der Waals surface area contributed by atoms with Crippen molar-refractivity contribution in [1.82, 2.24) is 0 Å². The van der Waals surface area contributed by atoms with E-state index in [1.807, 2.05) is 27.7 Å². The minimum absolute atomic E-state index is 0.447. The highest BCUT2D eigenvalue weighted by Gasteiger charge is 2.51. The molecule has 4 atom stereocenters. The molecule has 4 unspecified atom stereocenters. The van der Waals surface area contributed by atoms with Crippen LogP contribution in [0.4, 0.5) is 0 Å². The number of hydrogen-bond donors (Lipinski definition) is 0. The van der Waals surface area contributed by atoms with Crippen molar-refractivity contribution >= 4 is 0 Å². The molecule has 1 aliphatic carbocycles. The van der Waals surface area contributed by atoms with Crippen molar-refractivity contribution in [2.75, 3.05) is 0 Å². The molecule has 2 rings (SSSR count). The lowest BCUT2D eigenvalue weighted by atomic mass is 9.67. The molecular weight excluding hydrogens is 492 g/mol. The van der Waals surface area contributed by atoms with E-state index in [0.29, 0.717) is 23.2 Å². The molecule has 0 aromatic heterocycles. The van der Waals surface area contributed by atoms with Gasteiger partial charge in [0.2, 0.25) is 0 Å². The molecule has 1 fully saturated rings. The van der Waals surface area contributed by atoms with Gasteiger partial charge >= 0.3 is 0 Å². The molecule has 1 aromatic carbocycles. The maximum Gasteiger partial charge on any atom is 0.0305 e. The molecule has 0 nitrogen and oxygen atoms in total. The monoisotopic (exact) mass is 563 g/mol. The molecule has 0 bridgehead atoms. The van der Waals surface area contributed by atoms with Crippen LogP contribution in [0.5, 0.6) is 0 Å². The van der Waals surface area contributed by atoms with Crippen LogP contribution in [0.2, 0.25) is 0 Å². The molecule has 1 aliphatic rings. The van der Waals surface area contributed by atoms with E-state index in [0.717, 1.165) is 6.42 Å². The standard InChI is InChI=1S/C35H56.2C2H6.C2H2/c1-8-14-15-16-25-35(24-12-5)27-33(31-22-20-28(7)30(26-31)18-10-3)32(19-11-4)34(35)23-21-29(13-6)17-9-2;3*1-2/h17,20,22,26,32-34H,8-10,12-16,18,21,23-25,27H2,1-7H3;2*1-2H3;1-2H/b29-17+;;;. The lowest BCUT2D eigenvalue weighted by molar-refractivity contribution is 0.135. The van der Waals surface area contributed by atoms with Crippen LogP contribution < -0.4 is 0 Å². The second-order valence-electron chi connectivity index (χ2n) is 11.4. The normalized spacial score (nSPS) is 21.2. The molecule has 0 heteroatoms.